The Hall–Kier alpha value is -5.29. The Morgan fingerprint density at radius 2 is 1.71 bits per heavy atom. The van der Waals surface area contributed by atoms with Gasteiger partial charge in [0.25, 0.3) is 0 Å². The molecule has 6 aromatic rings. The number of fused-ring (bicyclic) bond motifs is 2. The average Bonchev–Trinajstić information content (AvgIpc) is 3.33. The molecule has 0 aliphatic carbocycles. The van der Waals surface area contributed by atoms with Crippen LogP contribution in [0.2, 0.25) is 0 Å². The van der Waals surface area contributed by atoms with Crippen molar-refractivity contribution in [3.63, 3.8) is 0 Å². The first-order valence-electron chi connectivity index (χ1n) is 10.9. The van der Waals surface area contributed by atoms with E-state index in [2.05, 4.69) is 41.6 Å². The van der Waals surface area contributed by atoms with Gasteiger partial charge in [0.1, 0.15) is 5.82 Å². The van der Waals surface area contributed by atoms with E-state index in [0.29, 0.717) is 11.2 Å². The minimum Gasteiger partial charge on any atom is -0.355 e. The highest BCUT2D eigenvalue weighted by Gasteiger charge is 2.10. The number of rotatable bonds is 5. The van der Waals surface area contributed by atoms with E-state index in [0.717, 1.165) is 50.6 Å². The summed E-state index contributed by atoms with van der Waals surface area (Å²) < 4.78 is 0. The number of aromatic nitrogens is 5. The van der Waals surface area contributed by atoms with Crippen LogP contribution in [0.3, 0.4) is 0 Å². The van der Waals surface area contributed by atoms with E-state index in [9.17, 15) is 5.26 Å². The lowest BCUT2D eigenvalue weighted by Gasteiger charge is -2.10. The van der Waals surface area contributed by atoms with Gasteiger partial charge in [-0.05, 0) is 54.6 Å². The summed E-state index contributed by atoms with van der Waals surface area (Å²) in [5.41, 5.74) is 7.38. The molecule has 0 aliphatic rings. The second-order valence-electron chi connectivity index (χ2n) is 7.95. The number of H-pyrrole nitrogens is 1. The van der Waals surface area contributed by atoms with Gasteiger partial charge in [0.2, 0.25) is 0 Å². The third-order valence-electron chi connectivity index (χ3n) is 5.59. The molecule has 0 aliphatic heterocycles. The maximum absolute atomic E-state index is 9.28. The van der Waals surface area contributed by atoms with Crippen LogP contribution in [0.15, 0.2) is 91.5 Å². The van der Waals surface area contributed by atoms with Crippen molar-refractivity contribution in [1.82, 2.24) is 24.9 Å². The van der Waals surface area contributed by atoms with Crippen molar-refractivity contribution in [2.45, 2.75) is 0 Å². The summed E-state index contributed by atoms with van der Waals surface area (Å²) in [5, 5.41) is 16.9. The maximum atomic E-state index is 9.28. The Morgan fingerprint density at radius 3 is 2.60 bits per heavy atom. The van der Waals surface area contributed by atoms with Crippen molar-refractivity contribution in [3.05, 3.63) is 97.1 Å². The molecular formula is C27H18N8. The molecule has 0 spiro atoms. The number of benzene rings is 2. The Balaban J connectivity index is 1.30. The highest BCUT2D eigenvalue weighted by Crippen LogP contribution is 2.29. The van der Waals surface area contributed by atoms with Gasteiger partial charge in [-0.3, -0.25) is 9.97 Å². The second-order valence-corrected chi connectivity index (χ2v) is 7.95. The average molecular weight is 454 g/mol. The molecule has 0 unspecified atom stereocenters. The van der Waals surface area contributed by atoms with Crippen LogP contribution in [-0.4, -0.2) is 24.9 Å². The van der Waals surface area contributed by atoms with E-state index in [1.165, 1.54) is 0 Å². The van der Waals surface area contributed by atoms with Crippen molar-refractivity contribution in [1.29, 1.82) is 5.26 Å². The van der Waals surface area contributed by atoms with Gasteiger partial charge in [0, 0.05) is 46.6 Å². The van der Waals surface area contributed by atoms with E-state index < -0.39 is 0 Å². The lowest BCUT2D eigenvalue weighted by Crippen LogP contribution is -1.94. The fraction of sp³-hybridized carbons (Fsp3) is 0. The molecule has 4 heterocycles. The number of aromatic amines is 1. The zero-order chi connectivity index (χ0) is 23.6. The number of hydrogen-bond donors (Lipinski definition) is 3. The lowest BCUT2D eigenvalue weighted by molar-refractivity contribution is 1.29. The maximum Gasteiger partial charge on any atom is 0.178 e. The minimum atomic E-state index is 0.592. The highest BCUT2D eigenvalue weighted by molar-refractivity contribution is 5.94. The van der Waals surface area contributed by atoms with Crippen LogP contribution in [0.5, 0.6) is 0 Å². The summed E-state index contributed by atoms with van der Waals surface area (Å²) in [6, 6.07) is 23.3. The first-order chi connectivity index (χ1) is 17.2. The van der Waals surface area contributed by atoms with Gasteiger partial charge in [-0.1, -0.05) is 12.1 Å². The summed E-state index contributed by atoms with van der Waals surface area (Å²) in [7, 11) is 0. The molecule has 2 aromatic carbocycles. The molecule has 0 bridgehead atoms. The van der Waals surface area contributed by atoms with Crippen LogP contribution in [0.25, 0.3) is 33.5 Å². The number of hydrogen-bond acceptors (Lipinski definition) is 7. The molecule has 0 radical (unpaired) electrons. The third-order valence-corrected chi connectivity index (χ3v) is 5.59. The van der Waals surface area contributed by atoms with Crippen LogP contribution in [-0.2, 0) is 0 Å². The third kappa shape index (κ3) is 4.10. The van der Waals surface area contributed by atoms with Crippen molar-refractivity contribution in [3.8, 4) is 17.5 Å². The van der Waals surface area contributed by atoms with E-state index in [1.807, 2.05) is 60.7 Å². The lowest BCUT2D eigenvalue weighted by atomic mass is 10.1. The number of nitriles is 1. The van der Waals surface area contributed by atoms with Gasteiger partial charge >= 0.3 is 0 Å². The first-order valence-corrected chi connectivity index (χ1v) is 10.9. The fourth-order valence-corrected chi connectivity index (χ4v) is 3.93. The molecule has 8 heteroatoms. The quantitative estimate of drug-likeness (QED) is 0.296. The molecule has 0 amide bonds. The summed E-state index contributed by atoms with van der Waals surface area (Å²) in [6.07, 6.45) is 6.99. The number of imidazole rings is 1. The van der Waals surface area contributed by atoms with Crippen LogP contribution in [0.1, 0.15) is 5.56 Å². The smallest absolute Gasteiger partial charge is 0.178 e. The normalized spacial score (nSPS) is 10.8. The number of pyridine rings is 3. The molecule has 0 atom stereocenters. The second kappa shape index (κ2) is 8.57. The number of nitrogens with one attached hydrogen (secondary N) is 3. The highest BCUT2D eigenvalue weighted by atomic mass is 15.0. The summed E-state index contributed by atoms with van der Waals surface area (Å²) in [5.74, 6) is 0.726. The molecule has 8 nitrogen and oxygen atoms in total. The zero-order valence-corrected chi connectivity index (χ0v) is 18.4. The Bertz CT molecular complexity index is 1720. The summed E-state index contributed by atoms with van der Waals surface area (Å²) in [6.45, 7) is 0. The van der Waals surface area contributed by atoms with Crippen molar-refractivity contribution in [2.24, 2.45) is 0 Å². The molecule has 3 N–H and O–H groups in total. The van der Waals surface area contributed by atoms with E-state index in [-0.39, 0.29) is 0 Å². The molecule has 4 aromatic heterocycles. The fourth-order valence-electron chi connectivity index (χ4n) is 3.93. The molecular weight excluding hydrogens is 436 g/mol. The largest absolute Gasteiger partial charge is 0.355 e. The minimum absolute atomic E-state index is 0.592. The Morgan fingerprint density at radius 1 is 0.800 bits per heavy atom. The molecule has 35 heavy (non-hydrogen) atoms. The first kappa shape index (κ1) is 20.3. The topological polar surface area (TPSA) is 115 Å². The van der Waals surface area contributed by atoms with Gasteiger partial charge in [-0.25, -0.2) is 9.97 Å². The van der Waals surface area contributed by atoms with Crippen LogP contribution >= 0.6 is 0 Å². The summed E-state index contributed by atoms with van der Waals surface area (Å²) in [4.78, 5) is 21.0. The van der Waals surface area contributed by atoms with E-state index >= 15 is 0 Å². The van der Waals surface area contributed by atoms with Crippen molar-refractivity contribution < 1.29 is 0 Å². The number of nitrogens with zero attached hydrogens (tertiary/aromatic N) is 5. The van der Waals surface area contributed by atoms with Crippen LogP contribution in [0, 0.1) is 11.3 Å². The van der Waals surface area contributed by atoms with Gasteiger partial charge in [-0.2, -0.15) is 5.26 Å². The van der Waals surface area contributed by atoms with Crippen LogP contribution in [0.4, 0.5) is 22.7 Å². The standard InChI is InChI=1S/C27H18N8/c28-15-17-4-5-23-22(12-17)24(8-11-30-23)33-20-3-1-2-18(13-20)26-34-25-14-21(16-31-27(25)35-26)32-19-6-9-29-10-7-19/h1-14,16H,(H,29,32)(H,30,33)(H,31,34,35). The van der Waals surface area contributed by atoms with Crippen molar-refractivity contribution in [2.75, 3.05) is 10.6 Å². The molecule has 0 saturated heterocycles. The summed E-state index contributed by atoms with van der Waals surface area (Å²) >= 11 is 0. The number of anilines is 4. The molecule has 6 rings (SSSR count). The molecule has 0 saturated carbocycles. The molecule has 0 fully saturated rings. The molecule has 166 valence electrons. The Labute approximate surface area is 200 Å². The monoisotopic (exact) mass is 454 g/mol. The predicted octanol–water partition coefficient (Wildman–Crippen LogP) is 5.93. The Kier molecular flexibility index (Phi) is 4.98. The van der Waals surface area contributed by atoms with E-state index in [1.54, 1.807) is 30.9 Å². The van der Waals surface area contributed by atoms with Gasteiger partial charge < -0.3 is 15.6 Å². The van der Waals surface area contributed by atoms with Crippen molar-refractivity contribution >= 4 is 44.8 Å². The van der Waals surface area contributed by atoms with Gasteiger partial charge in [-0.15, -0.1) is 0 Å². The van der Waals surface area contributed by atoms with Crippen LogP contribution < -0.4 is 10.6 Å². The van der Waals surface area contributed by atoms with Gasteiger partial charge in [0.15, 0.2) is 5.65 Å². The zero-order valence-electron chi connectivity index (χ0n) is 18.4. The predicted molar refractivity (Wildman–Crippen MR) is 137 cm³/mol. The van der Waals surface area contributed by atoms with E-state index in [4.69, 9.17) is 0 Å². The SMILES string of the molecule is N#Cc1ccc2nccc(Nc3cccc(-c4nc5ncc(Nc6ccncc6)cc5[nH]4)c3)c2c1. The van der Waals surface area contributed by atoms with Gasteiger partial charge in [0.05, 0.1) is 34.6 Å².